The lowest BCUT2D eigenvalue weighted by Crippen LogP contribution is -2.51. The zero-order valence-corrected chi connectivity index (χ0v) is 16.5. The van der Waals surface area contributed by atoms with Crippen LogP contribution in [0, 0.1) is 5.41 Å². The van der Waals surface area contributed by atoms with Gasteiger partial charge in [-0.15, -0.1) is 12.4 Å². The van der Waals surface area contributed by atoms with Gasteiger partial charge in [0.1, 0.15) is 11.9 Å². The Bertz CT molecular complexity index is 519. The molecule has 0 spiro atoms. The normalized spacial score (nSPS) is 17.5. The molecule has 24 heavy (non-hydrogen) atoms. The zero-order valence-electron chi connectivity index (χ0n) is 14.1. The second-order valence-corrected chi connectivity index (χ2v) is 6.89. The number of ether oxygens (including phenoxy) is 2. The van der Waals surface area contributed by atoms with E-state index >= 15 is 0 Å². The van der Waals surface area contributed by atoms with Gasteiger partial charge < -0.3 is 20.1 Å². The maximum Gasteiger partial charge on any atom is 0.228 e. The highest BCUT2D eigenvalue weighted by molar-refractivity contribution is 9.10. The van der Waals surface area contributed by atoms with Gasteiger partial charge >= 0.3 is 0 Å². The number of para-hydroxylation sites is 1. The molecule has 1 aromatic carbocycles. The number of hydrogen-bond acceptors (Lipinski definition) is 4. The van der Waals surface area contributed by atoms with E-state index in [4.69, 9.17) is 9.47 Å². The van der Waals surface area contributed by atoms with E-state index in [1.807, 2.05) is 31.2 Å². The number of carbonyl (C=O) groups excluding carboxylic acids is 1. The molecule has 1 unspecified atom stereocenters. The molecule has 136 valence electrons. The second-order valence-electron chi connectivity index (χ2n) is 6.03. The number of carbonyl (C=O) groups is 1. The molecule has 2 N–H and O–H groups in total. The third kappa shape index (κ3) is 5.62. The molecular weight excluding hydrogens is 396 g/mol. The van der Waals surface area contributed by atoms with Crippen LogP contribution in [0.1, 0.15) is 19.8 Å². The molecule has 1 atom stereocenters. The summed E-state index contributed by atoms with van der Waals surface area (Å²) in [6.07, 6.45) is 1.48. The summed E-state index contributed by atoms with van der Waals surface area (Å²) in [5.74, 6) is 0.839. The summed E-state index contributed by atoms with van der Waals surface area (Å²) < 4.78 is 12.1. The van der Waals surface area contributed by atoms with E-state index in [0.717, 1.165) is 36.2 Å². The van der Waals surface area contributed by atoms with Gasteiger partial charge in [0.2, 0.25) is 5.91 Å². The Morgan fingerprint density at radius 1 is 1.38 bits per heavy atom. The summed E-state index contributed by atoms with van der Waals surface area (Å²) in [7, 11) is 1.65. The number of hydrogen-bond donors (Lipinski definition) is 2. The molecule has 5 nitrogen and oxygen atoms in total. The second kappa shape index (κ2) is 10.2. The average Bonchev–Trinajstić information content (AvgIpc) is 2.56. The Kier molecular flexibility index (Phi) is 9.05. The van der Waals surface area contributed by atoms with Crippen LogP contribution in [0.15, 0.2) is 28.7 Å². The number of piperidine rings is 1. The van der Waals surface area contributed by atoms with Crippen molar-refractivity contribution in [3.8, 4) is 5.75 Å². The van der Waals surface area contributed by atoms with E-state index in [1.54, 1.807) is 7.11 Å². The largest absolute Gasteiger partial charge is 0.488 e. The Hall–Kier alpha value is -0.820. The van der Waals surface area contributed by atoms with Crippen LogP contribution in [0.2, 0.25) is 0 Å². The van der Waals surface area contributed by atoms with Crippen molar-refractivity contribution in [1.29, 1.82) is 0 Å². The summed E-state index contributed by atoms with van der Waals surface area (Å²) in [5, 5.41) is 6.32. The number of nitrogens with one attached hydrogen (secondary N) is 2. The third-order valence-corrected chi connectivity index (χ3v) is 4.83. The van der Waals surface area contributed by atoms with E-state index in [0.29, 0.717) is 13.2 Å². The lowest BCUT2D eigenvalue weighted by atomic mass is 9.78. The summed E-state index contributed by atoms with van der Waals surface area (Å²) in [5.41, 5.74) is -0.424. The summed E-state index contributed by atoms with van der Waals surface area (Å²) in [6, 6.07) is 7.70. The van der Waals surface area contributed by atoms with Crippen molar-refractivity contribution in [2.75, 3.05) is 33.4 Å². The molecule has 7 heteroatoms. The fraction of sp³-hybridized carbons (Fsp3) is 0.588. The fourth-order valence-corrected chi connectivity index (χ4v) is 3.22. The van der Waals surface area contributed by atoms with Crippen molar-refractivity contribution in [3.05, 3.63) is 28.7 Å². The first-order valence-electron chi connectivity index (χ1n) is 7.96. The number of rotatable bonds is 7. The highest BCUT2D eigenvalue weighted by atomic mass is 79.9. The Morgan fingerprint density at radius 3 is 2.67 bits per heavy atom. The van der Waals surface area contributed by atoms with Gasteiger partial charge in [-0.1, -0.05) is 12.1 Å². The van der Waals surface area contributed by atoms with Gasteiger partial charge in [-0.3, -0.25) is 4.79 Å². The molecule has 1 fully saturated rings. The first-order chi connectivity index (χ1) is 11.1. The minimum atomic E-state index is -0.424. The van der Waals surface area contributed by atoms with E-state index in [-0.39, 0.29) is 24.4 Å². The molecule has 0 saturated carbocycles. The third-order valence-electron chi connectivity index (χ3n) is 4.18. The van der Waals surface area contributed by atoms with Gasteiger partial charge in [-0.25, -0.2) is 0 Å². The average molecular weight is 422 g/mol. The van der Waals surface area contributed by atoms with Crippen molar-refractivity contribution in [2.24, 2.45) is 5.41 Å². The van der Waals surface area contributed by atoms with Crippen LogP contribution in [0.25, 0.3) is 0 Å². The standard InChI is InChI=1S/C17H25BrN2O3.ClH/c1-13(23-15-6-4-3-5-14(15)18)11-20-16(21)17(12-22-2)7-9-19-10-8-17;/h3-6,13,19H,7-12H2,1-2H3,(H,20,21);1H. The summed E-state index contributed by atoms with van der Waals surface area (Å²) >= 11 is 3.46. The van der Waals surface area contributed by atoms with Gasteiger partial charge in [-0.05, 0) is 60.9 Å². The van der Waals surface area contributed by atoms with Gasteiger partial charge in [0.25, 0.3) is 0 Å². The highest BCUT2D eigenvalue weighted by Gasteiger charge is 2.39. The quantitative estimate of drug-likeness (QED) is 0.711. The number of methoxy groups -OCH3 is 1. The molecule has 0 radical (unpaired) electrons. The topological polar surface area (TPSA) is 59.6 Å². The van der Waals surface area contributed by atoms with E-state index in [1.165, 1.54) is 0 Å². The van der Waals surface area contributed by atoms with Crippen LogP contribution < -0.4 is 15.4 Å². The molecule has 1 aromatic rings. The molecular formula is C17H26BrClN2O3. The van der Waals surface area contributed by atoms with Crippen LogP contribution >= 0.6 is 28.3 Å². The number of halogens is 2. The van der Waals surface area contributed by atoms with E-state index in [9.17, 15) is 4.79 Å². The lowest BCUT2D eigenvalue weighted by molar-refractivity contribution is -0.136. The molecule has 1 aliphatic heterocycles. The zero-order chi connectivity index (χ0) is 16.7. The van der Waals surface area contributed by atoms with Crippen molar-refractivity contribution >= 4 is 34.2 Å². The van der Waals surface area contributed by atoms with Crippen LogP contribution in [0.3, 0.4) is 0 Å². The number of benzene rings is 1. The molecule has 0 aliphatic carbocycles. The maximum atomic E-state index is 12.7. The predicted molar refractivity (Wildman–Crippen MR) is 101 cm³/mol. The van der Waals surface area contributed by atoms with E-state index < -0.39 is 5.41 Å². The predicted octanol–water partition coefficient (Wildman–Crippen LogP) is 2.77. The van der Waals surface area contributed by atoms with Gasteiger partial charge in [-0.2, -0.15) is 0 Å². The highest BCUT2D eigenvalue weighted by Crippen LogP contribution is 2.29. The number of amides is 1. The van der Waals surface area contributed by atoms with Gasteiger partial charge in [0.05, 0.1) is 23.0 Å². The van der Waals surface area contributed by atoms with Crippen molar-refractivity contribution in [3.63, 3.8) is 0 Å². The molecule has 2 rings (SSSR count). The monoisotopic (exact) mass is 420 g/mol. The van der Waals surface area contributed by atoms with Crippen LogP contribution in [0.5, 0.6) is 5.75 Å². The minimum absolute atomic E-state index is 0. The molecule has 1 saturated heterocycles. The van der Waals surface area contributed by atoms with Crippen LogP contribution in [-0.2, 0) is 9.53 Å². The maximum absolute atomic E-state index is 12.7. The Morgan fingerprint density at radius 2 is 2.04 bits per heavy atom. The Balaban J connectivity index is 0.00000288. The van der Waals surface area contributed by atoms with Crippen molar-refractivity contribution in [2.45, 2.75) is 25.9 Å². The first-order valence-corrected chi connectivity index (χ1v) is 8.76. The minimum Gasteiger partial charge on any atom is -0.488 e. The fourth-order valence-electron chi connectivity index (χ4n) is 2.84. The lowest BCUT2D eigenvalue weighted by Gasteiger charge is -2.35. The summed E-state index contributed by atoms with van der Waals surface area (Å²) in [4.78, 5) is 12.7. The molecule has 1 amide bonds. The van der Waals surface area contributed by atoms with Gasteiger partial charge in [0, 0.05) is 7.11 Å². The molecule has 1 heterocycles. The van der Waals surface area contributed by atoms with Crippen molar-refractivity contribution in [1.82, 2.24) is 10.6 Å². The van der Waals surface area contributed by atoms with Gasteiger partial charge in [0.15, 0.2) is 0 Å². The first kappa shape index (κ1) is 21.2. The molecule has 1 aliphatic rings. The van der Waals surface area contributed by atoms with Crippen LogP contribution in [-0.4, -0.2) is 45.4 Å². The van der Waals surface area contributed by atoms with Crippen molar-refractivity contribution < 1.29 is 14.3 Å². The summed E-state index contributed by atoms with van der Waals surface area (Å²) in [6.45, 7) is 4.57. The molecule has 0 aromatic heterocycles. The smallest absolute Gasteiger partial charge is 0.228 e. The van der Waals surface area contributed by atoms with Crippen LogP contribution in [0.4, 0.5) is 0 Å². The molecule has 0 bridgehead atoms. The SMILES string of the molecule is COCC1(C(=O)NCC(C)Oc2ccccc2Br)CCNCC1.Cl. The Labute approximate surface area is 158 Å². The van der Waals surface area contributed by atoms with E-state index in [2.05, 4.69) is 26.6 Å².